The van der Waals surface area contributed by atoms with Crippen LogP contribution in [0.15, 0.2) is 30.3 Å². The van der Waals surface area contributed by atoms with Crippen LogP contribution in [0.2, 0.25) is 5.02 Å². The number of hydrogen-bond donors (Lipinski definition) is 1. The molecule has 0 atom stereocenters. The summed E-state index contributed by atoms with van der Waals surface area (Å²) in [5.74, 6) is -1.10. The molecule has 0 saturated heterocycles. The van der Waals surface area contributed by atoms with Crippen molar-refractivity contribution in [3.05, 3.63) is 63.4 Å². The lowest BCUT2D eigenvalue weighted by Crippen LogP contribution is -2.31. The first kappa shape index (κ1) is 17.7. The van der Waals surface area contributed by atoms with Crippen LogP contribution in [0.4, 0.5) is 13.2 Å². The van der Waals surface area contributed by atoms with Gasteiger partial charge in [-0.05, 0) is 35.4 Å². The highest BCUT2D eigenvalue weighted by molar-refractivity contribution is 6.30. The molecular formula is C17H14ClF3N2O2. The Morgan fingerprint density at radius 3 is 2.72 bits per heavy atom. The second-order valence-corrected chi connectivity index (χ2v) is 6.30. The molecule has 0 unspecified atom stereocenters. The van der Waals surface area contributed by atoms with Crippen molar-refractivity contribution in [1.29, 1.82) is 0 Å². The molecule has 4 nitrogen and oxygen atoms in total. The molecule has 3 rings (SSSR count). The summed E-state index contributed by atoms with van der Waals surface area (Å²) in [4.78, 5) is 16.9. The van der Waals surface area contributed by atoms with Gasteiger partial charge in [-0.2, -0.15) is 13.2 Å². The highest BCUT2D eigenvalue weighted by Crippen LogP contribution is 2.34. The third-order valence-corrected chi connectivity index (χ3v) is 4.35. The van der Waals surface area contributed by atoms with Crippen LogP contribution in [0.5, 0.6) is 0 Å². The van der Waals surface area contributed by atoms with Crippen molar-refractivity contribution in [2.45, 2.75) is 25.7 Å². The summed E-state index contributed by atoms with van der Waals surface area (Å²) in [6.45, 7) is 1.01. The molecule has 1 aromatic carbocycles. The Kier molecular flexibility index (Phi) is 4.71. The number of aromatic carboxylic acids is 1. The normalized spacial score (nSPS) is 15.0. The molecule has 8 heteroatoms. The largest absolute Gasteiger partial charge is 0.477 e. The summed E-state index contributed by atoms with van der Waals surface area (Å²) >= 11 is 5.86. The average Bonchev–Trinajstić information content (AvgIpc) is 2.53. The fraction of sp³-hybridized carbons (Fsp3) is 0.294. The van der Waals surface area contributed by atoms with E-state index >= 15 is 0 Å². The van der Waals surface area contributed by atoms with Gasteiger partial charge >= 0.3 is 12.1 Å². The third-order valence-electron chi connectivity index (χ3n) is 4.11. The Hall–Kier alpha value is -2.12. The number of carboxylic acids is 1. The molecule has 2 heterocycles. The lowest BCUT2D eigenvalue weighted by Gasteiger charge is -2.29. The van der Waals surface area contributed by atoms with Gasteiger partial charge in [0, 0.05) is 36.8 Å². The number of benzene rings is 1. The summed E-state index contributed by atoms with van der Waals surface area (Å²) in [5.41, 5.74) is 0.909. The van der Waals surface area contributed by atoms with Crippen LogP contribution in [0, 0.1) is 0 Å². The highest BCUT2D eigenvalue weighted by Gasteiger charge is 2.34. The summed E-state index contributed by atoms with van der Waals surface area (Å²) in [6, 6.07) is 6.64. The maximum absolute atomic E-state index is 13.2. The zero-order valence-electron chi connectivity index (χ0n) is 13.0. The van der Waals surface area contributed by atoms with Crippen molar-refractivity contribution in [1.82, 2.24) is 9.88 Å². The Bertz CT molecular complexity index is 824. The molecule has 25 heavy (non-hydrogen) atoms. The average molecular weight is 371 g/mol. The van der Waals surface area contributed by atoms with Crippen LogP contribution >= 0.6 is 11.6 Å². The van der Waals surface area contributed by atoms with Gasteiger partial charge in [-0.25, -0.2) is 9.78 Å². The van der Waals surface area contributed by atoms with Crippen molar-refractivity contribution >= 4 is 17.6 Å². The van der Waals surface area contributed by atoms with Gasteiger partial charge in [0.1, 0.15) is 5.69 Å². The molecule has 1 aromatic heterocycles. The fourth-order valence-electron chi connectivity index (χ4n) is 2.94. The maximum Gasteiger partial charge on any atom is 0.416 e. The van der Waals surface area contributed by atoms with E-state index in [4.69, 9.17) is 16.7 Å². The van der Waals surface area contributed by atoms with E-state index in [0.29, 0.717) is 25.2 Å². The molecule has 0 radical (unpaired) electrons. The van der Waals surface area contributed by atoms with E-state index in [1.54, 1.807) is 6.07 Å². The van der Waals surface area contributed by atoms with Crippen LogP contribution in [0.3, 0.4) is 0 Å². The summed E-state index contributed by atoms with van der Waals surface area (Å²) in [7, 11) is 0. The van der Waals surface area contributed by atoms with Gasteiger partial charge in [-0.3, -0.25) is 4.90 Å². The lowest BCUT2D eigenvalue weighted by molar-refractivity contribution is -0.138. The molecule has 0 fully saturated rings. The van der Waals surface area contributed by atoms with E-state index in [0.717, 1.165) is 11.6 Å². The monoisotopic (exact) mass is 370 g/mol. The quantitative estimate of drug-likeness (QED) is 0.887. The number of carbonyl (C=O) groups is 1. The number of aromatic nitrogens is 1. The fourth-order valence-corrected chi connectivity index (χ4v) is 3.13. The third kappa shape index (κ3) is 3.93. The SMILES string of the molecule is O=C(O)c1ccc2c(n1)CCN(Cc1cc(Cl)ccc1C(F)(F)F)C2. The van der Waals surface area contributed by atoms with Gasteiger partial charge < -0.3 is 5.11 Å². The van der Waals surface area contributed by atoms with Crippen LogP contribution in [0.1, 0.15) is 32.9 Å². The van der Waals surface area contributed by atoms with Crippen molar-refractivity contribution in [3.63, 3.8) is 0 Å². The topological polar surface area (TPSA) is 53.4 Å². The minimum atomic E-state index is -4.44. The number of pyridine rings is 1. The molecule has 0 saturated carbocycles. The molecule has 1 aliphatic rings. The molecule has 132 valence electrons. The predicted molar refractivity (Wildman–Crippen MR) is 85.5 cm³/mol. The Balaban J connectivity index is 1.82. The zero-order chi connectivity index (χ0) is 18.2. The first-order valence-corrected chi connectivity index (χ1v) is 7.92. The minimum absolute atomic E-state index is 0.0265. The van der Waals surface area contributed by atoms with Crippen molar-refractivity contribution in [2.75, 3.05) is 6.54 Å². The highest BCUT2D eigenvalue weighted by atomic mass is 35.5. The summed E-state index contributed by atoms with van der Waals surface area (Å²) in [6.07, 6.45) is -3.95. The molecule has 0 amide bonds. The van der Waals surface area contributed by atoms with Crippen LogP contribution in [-0.4, -0.2) is 27.5 Å². The Morgan fingerprint density at radius 2 is 2.04 bits per heavy atom. The zero-order valence-corrected chi connectivity index (χ0v) is 13.7. The summed E-state index contributed by atoms with van der Waals surface area (Å²) < 4.78 is 39.5. The van der Waals surface area contributed by atoms with Gasteiger partial charge in [-0.1, -0.05) is 17.7 Å². The van der Waals surface area contributed by atoms with Crippen LogP contribution in [0.25, 0.3) is 0 Å². The van der Waals surface area contributed by atoms with Crippen molar-refractivity contribution in [2.24, 2.45) is 0 Å². The van der Waals surface area contributed by atoms with Crippen LogP contribution in [-0.2, 0) is 25.7 Å². The summed E-state index contributed by atoms with van der Waals surface area (Å²) in [5, 5.41) is 9.23. The molecular weight excluding hydrogens is 357 g/mol. The number of carboxylic acid groups (broad SMARTS) is 1. The number of hydrogen-bond acceptors (Lipinski definition) is 3. The number of alkyl halides is 3. The van der Waals surface area contributed by atoms with E-state index in [-0.39, 0.29) is 22.8 Å². The minimum Gasteiger partial charge on any atom is -0.477 e. The molecule has 0 aliphatic carbocycles. The maximum atomic E-state index is 13.2. The van der Waals surface area contributed by atoms with Gasteiger partial charge in [0.05, 0.1) is 5.56 Å². The Labute approximate surface area is 146 Å². The Morgan fingerprint density at radius 1 is 1.28 bits per heavy atom. The van der Waals surface area contributed by atoms with Gasteiger partial charge in [-0.15, -0.1) is 0 Å². The molecule has 1 N–H and O–H groups in total. The van der Waals surface area contributed by atoms with E-state index in [9.17, 15) is 18.0 Å². The smallest absolute Gasteiger partial charge is 0.416 e. The van der Waals surface area contributed by atoms with Crippen molar-refractivity contribution < 1.29 is 23.1 Å². The van der Waals surface area contributed by atoms with Crippen molar-refractivity contribution in [3.8, 4) is 0 Å². The number of fused-ring (bicyclic) bond motifs is 1. The molecule has 0 spiro atoms. The first-order chi connectivity index (χ1) is 11.7. The van der Waals surface area contributed by atoms with Gasteiger partial charge in [0.15, 0.2) is 0 Å². The lowest BCUT2D eigenvalue weighted by atomic mass is 10.0. The number of nitrogens with zero attached hydrogens (tertiary/aromatic N) is 2. The second-order valence-electron chi connectivity index (χ2n) is 5.87. The molecule has 0 bridgehead atoms. The first-order valence-electron chi connectivity index (χ1n) is 7.54. The predicted octanol–water partition coefficient (Wildman–Crippen LogP) is 4.01. The van der Waals surface area contributed by atoms with E-state index in [1.807, 2.05) is 4.90 Å². The van der Waals surface area contributed by atoms with E-state index in [2.05, 4.69) is 4.98 Å². The molecule has 2 aromatic rings. The van der Waals surface area contributed by atoms with E-state index < -0.39 is 17.7 Å². The standard InChI is InChI=1S/C17H14ClF3N2O2/c18-12-2-3-13(17(19,20)21)11(7-12)9-23-6-5-14-10(8-23)1-4-15(22-14)16(24)25/h1-4,7H,5-6,8-9H2,(H,24,25). The number of halogens is 4. The van der Waals surface area contributed by atoms with E-state index in [1.165, 1.54) is 18.2 Å². The second kappa shape index (κ2) is 6.65. The van der Waals surface area contributed by atoms with Gasteiger partial charge in [0.25, 0.3) is 0 Å². The van der Waals surface area contributed by atoms with Crippen LogP contribution < -0.4 is 0 Å². The molecule has 1 aliphatic heterocycles. The number of rotatable bonds is 3. The van der Waals surface area contributed by atoms with Gasteiger partial charge in [0.2, 0.25) is 0 Å².